The van der Waals surface area contributed by atoms with Gasteiger partial charge in [-0.25, -0.2) is 14.4 Å². The number of nitrogens with one attached hydrogen (secondary N) is 3. The summed E-state index contributed by atoms with van der Waals surface area (Å²) in [6.07, 6.45) is 1.81. The van der Waals surface area contributed by atoms with Crippen molar-refractivity contribution in [1.29, 1.82) is 0 Å². The van der Waals surface area contributed by atoms with Crippen LogP contribution in [0.1, 0.15) is 19.5 Å². The van der Waals surface area contributed by atoms with E-state index in [2.05, 4.69) is 54.0 Å². The summed E-state index contributed by atoms with van der Waals surface area (Å²) >= 11 is 0. The number of H-pyrrole nitrogens is 2. The number of amidine groups is 1. The highest BCUT2D eigenvalue weighted by molar-refractivity contribution is 5.94. The molecule has 0 atom stereocenters. The Bertz CT molecular complexity index is 1470. The average Bonchev–Trinajstić information content (AvgIpc) is 3.61. The van der Waals surface area contributed by atoms with E-state index >= 15 is 0 Å². The Morgan fingerprint density at radius 3 is 2.60 bits per heavy atom. The molecule has 210 valence electrons. The monoisotopic (exact) mass is 544 g/mol. The first-order valence-corrected chi connectivity index (χ1v) is 13.4. The van der Waals surface area contributed by atoms with Crippen LogP contribution in [0.4, 0.5) is 10.2 Å². The summed E-state index contributed by atoms with van der Waals surface area (Å²) in [7, 11) is 2.09. The van der Waals surface area contributed by atoms with Gasteiger partial charge in [-0.3, -0.25) is 5.10 Å². The van der Waals surface area contributed by atoms with E-state index in [1.807, 2.05) is 69.3 Å². The van der Waals surface area contributed by atoms with Gasteiger partial charge in [0.15, 0.2) is 24.1 Å². The molecule has 0 unspecified atom stereocenters. The quantitative estimate of drug-likeness (QED) is 0.196. The van der Waals surface area contributed by atoms with E-state index < -0.39 is 5.82 Å². The number of likely N-dealkylation sites (N-methyl/N-ethyl adjacent to an activating group) is 1. The Kier molecular flexibility index (Phi) is 9.69. The smallest absolute Gasteiger partial charge is 0.181 e. The number of ether oxygens (including phenoxy) is 1. The predicted molar refractivity (Wildman–Crippen MR) is 162 cm³/mol. The fraction of sp³-hybridized carbons (Fsp3) is 0.300. The van der Waals surface area contributed by atoms with Crippen molar-refractivity contribution in [3.05, 3.63) is 78.0 Å². The number of halogens is 1. The summed E-state index contributed by atoms with van der Waals surface area (Å²) in [6, 6.07) is 17.0. The fourth-order valence-electron chi connectivity index (χ4n) is 4.37. The molecule has 10 heteroatoms. The van der Waals surface area contributed by atoms with Crippen molar-refractivity contribution >= 4 is 29.3 Å². The van der Waals surface area contributed by atoms with E-state index in [9.17, 15) is 4.39 Å². The average molecular weight is 545 g/mol. The van der Waals surface area contributed by atoms with Crippen LogP contribution in [0, 0.1) is 12.7 Å². The molecule has 3 N–H and O–H groups in total. The number of rotatable bonds is 8. The van der Waals surface area contributed by atoms with Crippen molar-refractivity contribution in [3.63, 3.8) is 0 Å². The SMILES string of the molecule is C=N/C(=C\C(=N/COc1ccc2[nH]c(C)cc2c1F)N1CCN(C)CC1)Nc1cc(-c2ccccc2)[nH]n1.CC. The number of aromatic nitrogens is 3. The molecule has 9 nitrogen and oxygen atoms in total. The fourth-order valence-corrected chi connectivity index (χ4v) is 4.37. The lowest BCUT2D eigenvalue weighted by molar-refractivity contribution is 0.214. The van der Waals surface area contributed by atoms with Crippen molar-refractivity contribution < 1.29 is 9.13 Å². The molecule has 0 radical (unpaired) electrons. The zero-order valence-corrected chi connectivity index (χ0v) is 23.5. The number of aromatic amines is 2. The summed E-state index contributed by atoms with van der Waals surface area (Å²) in [5.74, 6) is 1.53. The maximum absolute atomic E-state index is 15.0. The molecule has 1 saturated heterocycles. The maximum atomic E-state index is 15.0. The van der Waals surface area contributed by atoms with Gasteiger partial charge in [-0.15, -0.1) is 0 Å². The number of fused-ring (bicyclic) bond motifs is 1. The number of aryl methyl sites for hydroxylation is 1. The third-order valence-corrected chi connectivity index (χ3v) is 6.47. The normalized spacial score (nSPS) is 14.6. The summed E-state index contributed by atoms with van der Waals surface area (Å²) in [4.78, 5) is 16.4. The molecule has 5 rings (SSSR count). The van der Waals surface area contributed by atoms with Gasteiger partial charge in [0.1, 0.15) is 11.7 Å². The largest absolute Gasteiger partial charge is 0.468 e. The Hall–Kier alpha value is -4.44. The summed E-state index contributed by atoms with van der Waals surface area (Å²) in [5, 5.41) is 11.1. The number of anilines is 1. The molecule has 0 saturated carbocycles. The molecule has 4 aromatic rings. The van der Waals surface area contributed by atoms with Crippen LogP contribution < -0.4 is 10.1 Å². The van der Waals surface area contributed by atoms with Gasteiger partial charge in [0, 0.05) is 54.9 Å². The summed E-state index contributed by atoms with van der Waals surface area (Å²) < 4.78 is 20.7. The second kappa shape index (κ2) is 13.6. The molecule has 0 amide bonds. The molecule has 2 aromatic heterocycles. The number of piperazine rings is 1. The Labute approximate surface area is 234 Å². The third-order valence-electron chi connectivity index (χ3n) is 6.47. The van der Waals surface area contributed by atoms with Crippen molar-refractivity contribution in [2.45, 2.75) is 20.8 Å². The lowest BCUT2D eigenvalue weighted by atomic mass is 10.2. The molecule has 0 spiro atoms. The molecule has 1 aliphatic rings. The van der Waals surface area contributed by atoms with Crippen LogP contribution in [0.15, 0.2) is 76.5 Å². The lowest BCUT2D eigenvalue weighted by Gasteiger charge is -2.33. The number of aliphatic imine (C=N–C) groups is 2. The van der Waals surface area contributed by atoms with Crippen molar-refractivity contribution in [2.75, 3.05) is 45.3 Å². The van der Waals surface area contributed by atoms with E-state index in [1.54, 1.807) is 12.1 Å². The molecular formula is C30H37FN8O. The first-order valence-electron chi connectivity index (χ1n) is 13.4. The lowest BCUT2D eigenvalue weighted by Crippen LogP contribution is -2.47. The second-order valence-electron chi connectivity index (χ2n) is 9.22. The van der Waals surface area contributed by atoms with E-state index in [1.165, 1.54) is 0 Å². The zero-order valence-electron chi connectivity index (χ0n) is 23.5. The Morgan fingerprint density at radius 2 is 1.88 bits per heavy atom. The van der Waals surface area contributed by atoms with Gasteiger partial charge in [0.25, 0.3) is 0 Å². The molecule has 0 aliphatic carbocycles. The number of hydrogen-bond donors (Lipinski definition) is 3. The highest BCUT2D eigenvalue weighted by atomic mass is 19.1. The zero-order chi connectivity index (χ0) is 28.5. The molecule has 0 bridgehead atoms. The highest BCUT2D eigenvalue weighted by Crippen LogP contribution is 2.27. The van der Waals surface area contributed by atoms with Gasteiger partial charge in [0.05, 0.1) is 5.69 Å². The van der Waals surface area contributed by atoms with Gasteiger partial charge in [-0.2, -0.15) is 5.10 Å². The van der Waals surface area contributed by atoms with Gasteiger partial charge in [-0.1, -0.05) is 44.2 Å². The Morgan fingerprint density at radius 1 is 1.12 bits per heavy atom. The van der Waals surface area contributed by atoms with Crippen LogP contribution in [0.5, 0.6) is 5.75 Å². The number of hydrogen-bond acceptors (Lipinski definition) is 6. The van der Waals surface area contributed by atoms with E-state index in [-0.39, 0.29) is 12.5 Å². The van der Waals surface area contributed by atoms with Crippen LogP contribution in [0.3, 0.4) is 0 Å². The molecular weight excluding hydrogens is 507 g/mol. The molecule has 1 aliphatic heterocycles. The first kappa shape index (κ1) is 28.6. The van der Waals surface area contributed by atoms with Crippen LogP contribution in [-0.2, 0) is 0 Å². The Balaban J connectivity index is 0.00000181. The number of nitrogens with zero attached hydrogens (tertiary/aromatic N) is 5. The van der Waals surface area contributed by atoms with Gasteiger partial charge >= 0.3 is 0 Å². The molecule has 40 heavy (non-hydrogen) atoms. The van der Waals surface area contributed by atoms with Crippen LogP contribution in [-0.4, -0.2) is 77.5 Å². The maximum Gasteiger partial charge on any atom is 0.181 e. The highest BCUT2D eigenvalue weighted by Gasteiger charge is 2.18. The second-order valence-corrected chi connectivity index (χ2v) is 9.22. The minimum atomic E-state index is -0.401. The molecule has 2 aromatic carbocycles. The first-order chi connectivity index (χ1) is 19.5. The van der Waals surface area contributed by atoms with Crippen LogP contribution in [0.2, 0.25) is 0 Å². The standard InChI is InChI=1S/C28H31FN8O.C2H6/c1-19-15-21-22(32-19)9-10-24(28(21)29)38-18-31-27(37-13-11-36(3)12-14-37)17-25(30-2)33-26-16-23(34-35-26)20-7-5-4-6-8-20;1-2/h4-10,15-17,32H,2,11-14,18H2,1,3H3,(H2,33,34,35);1-2H3/b25-17+,31-27+;. The van der Waals surface area contributed by atoms with E-state index in [0.29, 0.717) is 22.9 Å². The van der Waals surface area contributed by atoms with Gasteiger partial charge in [-0.05, 0) is 44.5 Å². The van der Waals surface area contributed by atoms with E-state index in [0.717, 1.165) is 48.6 Å². The van der Waals surface area contributed by atoms with Gasteiger partial charge < -0.3 is 24.8 Å². The van der Waals surface area contributed by atoms with Crippen molar-refractivity contribution in [1.82, 2.24) is 25.0 Å². The predicted octanol–water partition coefficient (Wildman–Crippen LogP) is 5.67. The minimum absolute atomic E-state index is 0.0466. The van der Waals surface area contributed by atoms with Crippen molar-refractivity contribution in [3.8, 4) is 17.0 Å². The van der Waals surface area contributed by atoms with Gasteiger partial charge in [0.2, 0.25) is 0 Å². The van der Waals surface area contributed by atoms with Crippen molar-refractivity contribution in [2.24, 2.45) is 9.98 Å². The summed E-state index contributed by atoms with van der Waals surface area (Å²) in [6.45, 7) is 12.9. The molecule has 1 fully saturated rings. The topological polar surface area (TPSA) is 96.9 Å². The van der Waals surface area contributed by atoms with Crippen LogP contribution in [0.25, 0.3) is 22.2 Å². The van der Waals surface area contributed by atoms with E-state index in [4.69, 9.17) is 4.74 Å². The summed E-state index contributed by atoms with van der Waals surface area (Å²) in [5.41, 5.74) is 3.54. The third kappa shape index (κ3) is 6.95. The van der Waals surface area contributed by atoms with Crippen LogP contribution >= 0.6 is 0 Å². The number of benzene rings is 2. The molecule has 3 heterocycles. The minimum Gasteiger partial charge on any atom is -0.468 e.